The van der Waals surface area contributed by atoms with Gasteiger partial charge >= 0.3 is 0 Å². The van der Waals surface area contributed by atoms with Crippen molar-refractivity contribution in [1.82, 2.24) is 14.9 Å². The fourth-order valence-electron chi connectivity index (χ4n) is 4.24. The summed E-state index contributed by atoms with van der Waals surface area (Å²) < 4.78 is 26.6. The monoisotopic (exact) mass is 385 g/mol. The summed E-state index contributed by atoms with van der Waals surface area (Å²) in [5.41, 5.74) is 2.73. The summed E-state index contributed by atoms with van der Waals surface area (Å²) in [6, 6.07) is 8.03. The van der Waals surface area contributed by atoms with E-state index in [2.05, 4.69) is 21.8 Å². The van der Waals surface area contributed by atoms with Gasteiger partial charge in [0.2, 0.25) is 0 Å². The zero-order valence-corrected chi connectivity index (χ0v) is 16.9. The summed E-state index contributed by atoms with van der Waals surface area (Å²) in [5.74, 6) is 1.27. The average Bonchev–Trinajstić information content (AvgIpc) is 2.66. The molecule has 2 aromatic heterocycles. The summed E-state index contributed by atoms with van der Waals surface area (Å²) in [7, 11) is 0. The third-order valence-corrected chi connectivity index (χ3v) is 5.76. The molecule has 0 spiro atoms. The Morgan fingerprint density at radius 3 is 2.46 bits per heavy atom. The van der Waals surface area contributed by atoms with Gasteiger partial charge in [-0.05, 0) is 63.4 Å². The Balaban J connectivity index is 1.40. The molecule has 1 fully saturated rings. The molecule has 28 heavy (non-hydrogen) atoms. The lowest BCUT2D eigenvalue weighted by atomic mass is 9.86. The molecular weight excluding hydrogens is 357 g/mol. The van der Waals surface area contributed by atoms with Crippen LogP contribution in [0, 0.1) is 13.8 Å². The maximum atomic E-state index is 15.5. The van der Waals surface area contributed by atoms with E-state index in [1.807, 2.05) is 38.1 Å². The van der Waals surface area contributed by atoms with Gasteiger partial charge in [0, 0.05) is 36.9 Å². The van der Waals surface area contributed by atoms with Gasteiger partial charge in [-0.1, -0.05) is 0 Å². The van der Waals surface area contributed by atoms with E-state index in [1.165, 1.54) is 0 Å². The van der Waals surface area contributed by atoms with Crippen LogP contribution >= 0.6 is 0 Å². The molecule has 5 nitrogen and oxygen atoms in total. The number of rotatable bonds is 4. The molecule has 0 amide bonds. The molecular formula is C22H28FN3O2. The molecule has 2 aliphatic rings. The Kier molecular flexibility index (Phi) is 5.23. The molecule has 1 saturated heterocycles. The fraction of sp³-hybridized carbons (Fsp3) is 0.545. The first-order valence-electron chi connectivity index (χ1n) is 10.1. The number of ether oxygens (including phenoxy) is 2. The Morgan fingerprint density at radius 2 is 1.75 bits per heavy atom. The van der Waals surface area contributed by atoms with E-state index < -0.39 is 5.67 Å². The summed E-state index contributed by atoms with van der Waals surface area (Å²) in [5, 5.41) is 0. The first-order chi connectivity index (χ1) is 13.4. The molecule has 4 heterocycles. The lowest BCUT2D eigenvalue weighted by Crippen LogP contribution is -2.44. The number of aryl methyl sites for hydroxylation is 2. The van der Waals surface area contributed by atoms with Crippen LogP contribution in [0.15, 0.2) is 24.3 Å². The number of hydrogen-bond donors (Lipinski definition) is 0. The quantitative estimate of drug-likeness (QED) is 0.797. The molecule has 2 aromatic rings. The highest BCUT2D eigenvalue weighted by atomic mass is 19.1. The standard InChI is InChI=1S/C22H28FN3O2/c1-15-12-18(13-16(2)24-15)14-22(23)6-8-26(9-7-22)17(3)19-4-5-20-21(25-19)28-11-10-27-20/h4-5,12-13,17H,6-11,14H2,1-3H3. The summed E-state index contributed by atoms with van der Waals surface area (Å²) in [6.45, 7) is 8.58. The van der Waals surface area contributed by atoms with Gasteiger partial charge in [-0.3, -0.25) is 9.88 Å². The van der Waals surface area contributed by atoms with Gasteiger partial charge in [-0.2, -0.15) is 0 Å². The molecule has 6 heteroatoms. The second-order valence-corrected chi connectivity index (χ2v) is 8.03. The molecule has 1 unspecified atom stereocenters. The number of likely N-dealkylation sites (tertiary alicyclic amines) is 1. The minimum absolute atomic E-state index is 0.116. The molecule has 0 aromatic carbocycles. The van der Waals surface area contributed by atoms with E-state index in [9.17, 15) is 0 Å². The van der Waals surface area contributed by atoms with Crippen LogP contribution in [-0.2, 0) is 6.42 Å². The lowest BCUT2D eigenvalue weighted by Gasteiger charge is -2.39. The Bertz CT molecular complexity index is 829. The molecule has 0 N–H and O–H groups in total. The van der Waals surface area contributed by atoms with Crippen LogP contribution in [-0.4, -0.2) is 46.8 Å². The van der Waals surface area contributed by atoms with Gasteiger partial charge < -0.3 is 9.47 Å². The van der Waals surface area contributed by atoms with Crippen LogP contribution in [0.5, 0.6) is 11.6 Å². The Hall–Kier alpha value is -2.21. The molecule has 0 radical (unpaired) electrons. The zero-order chi connectivity index (χ0) is 19.7. The third-order valence-electron chi connectivity index (χ3n) is 5.76. The van der Waals surface area contributed by atoms with Crippen molar-refractivity contribution >= 4 is 0 Å². The van der Waals surface area contributed by atoms with Gasteiger partial charge in [-0.25, -0.2) is 9.37 Å². The number of hydrogen-bond acceptors (Lipinski definition) is 5. The molecule has 4 rings (SSSR count). The topological polar surface area (TPSA) is 47.5 Å². The zero-order valence-electron chi connectivity index (χ0n) is 16.9. The van der Waals surface area contributed by atoms with Gasteiger partial charge in [-0.15, -0.1) is 0 Å². The van der Waals surface area contributed by atoms with Gasteiger partial charge in [0.05, 0.1) is 5.69 Å². The first-order valence-corrected chi connectivity index (χ1v) is 10.1. The predicted molar refractivity (Wildman–Crippen MR) is 106 cm³/mol. The van der Waals surface area contributed by atoms with E-state index in [1.54, 1.807) is 0 Å². The number of aromatic nitrogens is 2. The largest absolute Gasteiger partial charge is 0.484 e. The van der Waals surface area contributed by atoms with Crippen LogP contribution in [0.25, 0.3) is 0 Å². The lowest BCUT2D eigenvalue weighted by molar-refractivity contribution is 0.0404. The van der Waals surface area contributed by atoms with Gasteiger partial charge in [0.25, 0.3) is 5.88 Å². The Labute approximate surface area is 165 Å². The van der Waals surface area contributed by atoms with E-state index >= 15 is 4.39 Å². The van der Waals surface area contributed by atoms with Crippen molar-refractivity contribution in [3.63, 3.8) is 0 Å². The molecule has 0 saturated carbocycles. The minimum Gasteiger partial charge on any atom is -0.484 e. The van der Waals surface area contributed by atoms with Gasteiger partial charge in [0.15, 0.2) is 5.75 Å². The van der Waals surface area contributed by atoms with Gasteiger partial charge in [0.1, 0.15) is 18.9 Å². The number of fused-ring (bicyclic) bond motifs is 1. The average molecular weight is 385 g/mol. The SMILES string of the molecule is Cc1cc(CC2(F)CCN(C(C)c3ccc4c(n3)OCCO4)CC2)cc(C)n1. The van der Waals surface area contributed by atoms with E-state index in [-0.39, 0.29) is 6.04 Å². The van der Waals surface area contributed by atoms with Crippen molar-refractivity contribution in [2.75, 3.05) is 26.3 Å². The number of nitrogens with zero attached hydrogens (tertiary/aromatic N) is 3. The minimum atomic E-state index is -1.16. The maximum Gasteiger partial charge on any atom is 0.257 e. The molecule has 1 atom stereocenters. The second-order valence-electron chi connectivity index (χ2n) is 8.03. The smallest absolute Gasteiger partial charge is 0.257 e. The normalized spacial score (nSPS) is 20.0. The van der Waals surface area contributed by atoms with Crippen molar-refractivity contribution < 1.29 is 13.9 Å². The van der Waals surface area contributed by atoms with Crippen molar-refractivity contribution in [2.24, 2.45) is 0 Å². The molecule has 2 aliphatic heterocycles. The molecule has 150 valence electrons. The van der Waals surface area contributed by atoms with Crippen LogP contribution in [0.4, 0.5) is 4.39 Å². The fourth-order valence-corrected chi connectivity index (χ4v) is 4.24. The van der Waals surface area contributed by atoms with E-state index in [0.29, 0.717) is 44.1 Å². The van der Waals surface area contributed by atoms with Crippen molar-refractivity contribution in [2.45, 2.75) is 51.7 Å². The predicted octanol–water partition coefficient (Wildman–Crippen LogP) is 3.97. The summed E-state index contributed by atoms with van der Waals surface area (Å²) in [6.07, 6.45) is 1.52. The number of halogens is 1. The highest BCUT2D eigenvalue weighted by molar-refractivity contribution is 5.36. The number of alkyl halides is 1. The summed E-state index contributed by atoms with van der Waals surface area (Å²) >= 11 is 0. The van der Waals surface area contributed by atoms with Crippen molar-refractivity contribution in [1.29, 1.82) is 0 Å². The van der Waals surface area contributed by atoms with Crippen LogP contribution in [0.2, 0.25) is 0 Å². The maximum absolute atomic E-state index is 15.5. The number of piperidine rings is 1. The second kappa shape index (κ2) is 7.66. The van der Waals surface area contributed by atoms with E-state index in [4.69, 9.17) is 9.47 Å². The van der Waals surface area contributed by atoms with Crippen molar-refractivity contribution in [3.8, 4) is 11.6 Å². The van der Waals surface area contributed by atoms with Crippen molar-refractivity contribution in [3.05, 3.63) is 46.9 Å². The van der Waals surface area contributed by atoms with Crippen LogP contribution in [0.1, 0.15) is 48.5 Å². The Morgan fingerprint density at radius 1 is 1.07 bits per heavy atom. The highest BCUT2D eigenvalue weighted by Crippen LogP contribution is 2.35. The molecule has 0 bridgehead atoms. The van der Waals surface area contributed by atoms with Crippen LogP contribution < -0.4 is 9.47 Å². The van der Waals surface area contributed by atoms with Crippen LogP contribution in [0.3, 0.4) is 0 Å². The summed E-state index contributed by atoms with van der Waals surface area (Å²) in [4.78, 5) is 11.3. The highest BCUT2D eigenvalue weighted by Gasteiger charge is 2.36. The third kappa shape index (κ3) is 4.12. The first kappa shape index (κ1) is 19.1. The molecule has 0 aliphatic carbocycles. The van der Waals surface area contributed by atoms with E-state index in [0.717, 1.165) is 35.7 Å². The number of pyridine rings is 2.